The fraction of sp³-hybridized carbons (Fsp3) is 0.435. The number of sulfonamides is 1. The van der Waals surface area contributed by atoms with Crippen LogP contribution in [0.1, 0.15) is 46.1 Å². The third-order valence-corrected chi connectivity index (χ3v) is 6.59. The maximum absolute atomic E-state index is 13.5. The molecule has 0 bridgehead atoms. The first-order valence-electron chi connectivity index (χ1n) is 10.0. The van der Waals surface area contributed by atoms with Crippen LogP contribution in [0.3, 0.4) is 0 Å². The Morgan fingerprint density at radius 3 is 2.66 bits per heavy atom. The quantitative estimate of drug-likeness (QED) is 0.568. The van der Waals surface area contributed by atoms with E-state index in [-0.39, 0.29) is 22.1 Å². The van der Waals surface area contributed by atoms with E-state index >= 15 is 0 Å². The number of nitriles is 1. The highest BCUT2D eigenvalue weighted by atomic mass is 32.2. The normalized spacial score (nSPS) is 16.8. The van der Waals surface area contributed by atoms with Crippen LogP contribution < -0.4 is 4.74 Å². The highest BCUT2D eigenvalue weighted by molar-refractivity contribution is 7.89. The molecule has 1 aromatic carbocycles. The molecule has 0 aromatic heterocycles. The second kappa shape index (κ2) is 9.91. The standard InChI is InChI=1S/C23H30N2O3S/c1-6-12-25(13-11-17(2)3)29(26,27)23-15-20(16-24)9-10-21(23)28-22-14-18(4)7-8-19(22)5/h7-10,14-15,17-18H,5-6,11-13H2,1-4H3. The fourth-order valence-electron chi connectivity index (χ4n) is 2.98. The van der Waals surface area contributed by atoms with Gasteiger partial charge in [-0.05, 0) is 49.0 Å². The number of ether oxygens (including phenoxy) is 1. The lowest BCUT2D eigenvalue weighted by molar-refractivity contribution is 0.374. The molecule has 0 aliphatic heterocycles. The van der Waals surface area contributed by atoms with Crippen LogP contribution >= 0.6 is 0 Å². The minimum atomic E-state index is -3.82. The van der Waals surface area contributed by atoms with Crippen molar-refractivity contribution in [2.75, 3.05) is 13.1 Å². The fourth-order valence-corrected chi connectivity index (χ4v) is 4.66. The lowest BCUT2D eigenvalue weighted by Crippen LogP contribution is -2.33. The Labute approximate surface area is 175 Å². The zero-order valence-electron chi connectivity index (χ0n) is 17.7. The van der Waals surface area contributed by atoms with Crippen LogP contribution in [-0.4, -0.2) is 25.8 Å². The Morgan fingerprint density at radius 2 is 2.03 bits per heavy atom. The number of nitrogens with zero attached hydrogens (tertiary/aromatic N) is 2. The molecule has 1 unspecified atom stereocenters. The van der Waals surface area contributed by atoms with E-state index in [1.807, 2.05) is 38.1 Å². The number of benzene rings is 1. The summed E-state index contributed by atoms with van der Waals surface area (Å²) in [5, 5.41) is 9.30. The van der Waals surface area contributed by atoms with Crippen LogP contribution in [0.15, 0.2) is 59.2 Å². The summed E-state index contributed by atoms with van der Waals surface area (Å²) in [4.78, 5) is 0.0182. The van der Waals surface area contributed by atoms with Crippen molar-refractivity contribution >= 4 is 10.0 Å². The maximum atomic E-state index is 13.5. The van der Waals surface area contributed by atoms with Crippen molar-refractivity contribution in [2.45, 2.75) is 45.4 Å². The van der Waals surface area contributed by atoms with Gasteiger partial charge in [-0.15, -0.1) is 0 Å². The maximum Gasteiger partial charge on any atom is 0.246 e. The molecule has 0 saturated heterocycles. The first-order chi connectivity index (χ1) is 13.7. The van der Waals surface area contributed by atoms with Gasteiger partial charge in [0, 0.05) is 18.7 Å². The Balaban J connectivity index is 2.48. The molecule has 6 heteroatoms. The Bertz CT molecular complexity index is 953. The summed E-state index contributed by atoms with van der Waals surface area (Å²) >= 11 is 0. The molecule has 0 amide bonds. The molecule has 2 rings (SSSR count). The molecule has 0 spiro atoms. The van der Waals surface area contributed by atoms with Crippen molar-refractivity contribution in [3.05, 3.63) is 59.9 Å². The highest BCUT2D eigenvalue weighted by Crippen LogP contribution is 2.32. The van der Waals surface area contributed by atoms with E-state index in [1.165, 1.54) is 10.4 Å². The number of rotatable bonds is 9. The highest BCUT2D eigenvalue weighted by Gasteiger charge is 2.28. The second-order valence-corrected chi connectivity index (χ2v) is 9.64. The van der Waals surface area contributed by atoms with Gasteiger partial charge < -0.3 is 4.74 Å². The summed E-state index contributed by atoms with van der Waals surface area (Å²) in [7, 11) is -3.82. The lowest BCUT2D eigenvalue weighted by atomic mass is 10.0. The van der Waals surface area contributed by atoms with Gasteiger partial charge >= 0.3 is 0 Å². The topological polar surface area (TPSA) is 70.4 Å². The Morgan fingerprint density at radius 1 is 1.31 bits per heavy atom. The van der Waals surface area contributed by atoms with E-state index in [0.29, 0.717) is 36.8 Å². The van der Waals surface area contributed by atoms with Crippen molar-refractivity contribution in [1.82, 2.24) is 4.31 Å². The van der Waals surface area contributed by atoms with E-state index in [0.717, 1.165) is 6.42 Å². The summed E-state index contributed by atoms with van der Waals surface area (Å²) in [6.45, 7) is 12.9. The molecule has 0 N–H and O–H groups in total. The van der Waals surface area contributed by atoms with E-state index in [2.05, 4.69) is 20.4 Å². The van der Waals surface area contributed by atoms with Gasteiger partial charge in [-0.2, -0.15) is 9.57 Å². The molecular formula is C23H30N2O3S. The van der Waals surface area contributed by atoms with Gasteiger partial charge in [0.25, 0.3) is 0 Å². The van der Waals surface area contributed by atoms with Gasteiger partial charge in [-0.1, -0.05) is 46.4 Å². The van der Waals surface area contributed by atoms with Crippen LogP contribution in [0.5, 0.6) is 5.75 Å². The van der Waals surface area contributed by atoms with Gasteiger partial charge in [-0.3, -0.25) is 0 Å². The zero-order chi connectivity index (χ0) is 21.6. The van der Waals surface area contributed by atoms with Crippen LogP contribution in [-0.2, 0) is 10.0 Å². The van der Waals surface area contributed by atoms with Crippen LogP contribution in [0.2, 0.25) is 0 Å². The van der Waals surface area contributed by atoms with Crippen molar-refractivity contribution < 1.29 is 13.2 Å². The van der Waals surface area contributed by atoms with E-state index in [4.69, 9.17) is 4.74 Å². The van der Waals surface area contributed by atoms with Gasteiger partial charge in [0.1, 0.15) is 16.4 Å². The molecular weight excluding hydrogens is 384 g/mol. The third kappa shape index (κ3) is 5.81. The number of hydrogen-bond acceptors (Lipinski definition) is 4. The van der Waals surface area contributed by atoms with Crippen molar-refractivity contribution in [2.24, 2.45) is 11.8 Å². The SMILES string of the molecule is C=C1C=CC(C)C=C1Oc1ccc(C#N)cc1S(=O)(=O)N(CCC)CCC(C)C. The van der Waals surface area contributed by atoms with Crippen molar-refractivity contribution in [3.8, 4) is 11.8 Å². The second-order valence-electron chi connectivity index (χ2n) is 7.74. The van der Waals surface area contributed by atoms with E-state index in [1.54, 1.807) is 12.1 Å². The molecule has 1 aliphatic carbocycles. The zero-order valence-corrected chi connectivity index (χ0v) is 18.5. The third-order valence-electron chi connectivity index (χ3n) is 4.67. The molecule has 0 fully saturated rings. The largest absolute Gasteiger partial charge is 0.456 e. The first-order valence-corrected chi connectivity index (χ1v) is 11.4. The van der Waals surface area contributed by atoms with Gasteiger partial charge in [0.2, 0.25) is 10.0 Å². The molecule has 0 saturated carbocycles. The van der Waals surface area contributed by atoms with Crippen molar-refractivity contribution in [3.63, 3.8) is 0 Å². The van der Waals surface area contributed by atoms with Crippen LogP contribution in [0, 0.1) is 23.2 Å². The van der Waals surface area contributed by atoms with Gasteiger partial charge in [-0.25, -0.2) is 8.42 Å². The summed E-state index contributed by atoms with van der Waals surface area (Å²) in [5.74, 6) is 1.29. The van der Waals surface area contributed by atoms with Crippen molar-refractivity contribution in [1.29, 1.82) is 5.26 Å². The van der Waals surface area contributed by atoms with Crippen LogP contribution in [0.4, 0.5) is 0 Å². The van der Waals surface area contributed by atoms with Crippen LogP contribution in [0.25, 0.3) is 0 Å². The number of hydrogen-bond donors (Lipinski definition) is 0. The summed E-state index contributed by atoms with van der Waals surface area (Å²) in [5.41, 5.74) is 0.960. The minimum absolute atomic E-state index is 0.0182. The van der Waals surface area contributed by atoms with Gasteiger partial charge in [0.15, 0.2) is 0 Å². The average molecular weight is 415 g/mol. The summed E-state index contributed by atoms with van der Waals surface area (Å²) < 4.78 is 34.5. The van der Waals surface area contributed by atoms with E-state index < -0.39 is 10.0 Å². The Hall–Kier alpha value is -2.36. The predicted molar refractivity (Wildman–Crippen MR) is 116 cm³/mol. The van der Waals surface area contributed by atoms with Gasteiger partial charge in [0.05, 0.1) is 11.6 Å². The molecule has 1 aliphatic rings. The molecule has 0 radical (unpaired) electrons. The smallest absolute Gasteiger partial charge is 0.246 e. The first kappa shape index (κ1) is 22.9. The summed E-state index contributed by atoms with van der Waals surface area (Å²) in [6.07, 6.45) is 7.23. The Kier molecular flexibility index (Phi) is 7.83. The molecule has 0 heterocycles. The van der Waals surface area contributed by atoms with E-state index in [9.17, 15) is 13.7 Å². The molecule has 5 nitrogen and oxygen atoms in total. The predicted octanol–water partition coefficient (Wildman–Crippen LogP) is 5.03. The molecule has 1 atom stereocenters. The number of allylic oxidation sites excluding steroid dienone is 3. The minimum Gasteiger partial charge on any atom is -0.456 e. The molecule has 1 aromatic rings. The summed E-state index contributed by atoms with van der Waals surface area (Å²) in [6, 6.07) is 6.54. The molecule has 29 heavy (non-hydrogen) atoms. The average Bonchev–Trinajstić information content (AvgIpc) is 2.67. The lowest BCUT2D eigenvalue weighted by Gasteiger charge is -2.24. The monoisotopic (exact) mass is 414 g/mol. The molecule has 156 valence electrons.